The van der Waals surface area contributed by atoms with Gasteiger partial charge in [-0.15, -0.1) is 0 Å². The van der Waals surface area contributed by atoms with E-state index in [0.29, 0.717) is 28.3 Å². The van der Waals surface area contributed by atoms with Gasteiger partial charge >= 0.3 is 0 Å². The number of amides is 1. The van der Waals surface area contributed by atoms with Gasteiger partial charge in [-0.2, -0.15) is 0 Å². The van der Waals surface area contributed by atoms with E-state index in [9.17, 15) is 4.79 Å². The summed E-state index contributed by atoms with van der Waals surface area (Å²) < 4.78 is 0. The van der Waals surface area contributed by atoms with Crippen molar-refractivity contribution in [2.45, 2.75) is 23.8 Å². The van der Waals surface area contributed by atoms with E-state index in [-0.39, 0.29) is 17.7 Å². The Morgan fingerprint density at radius 3 is 2.47 bits per heavy atom. The molecular weight excluding hydrogens is 442 g/mol. The lowest BCUT2D eigenvalue weighted by Crippen LogP contribution is -2.39. The summed E-state index contributed by atoms with van der Waals surface area (Å²) in [6.45, 7) is 2.04. The van der Waals surface area contributed by atoms with E-state index < -0.39 is 0 Å². The molecule has 176 valence electrons. The number of anilines is 1. The zero-order valence-corrected chi connectivity index (χ0v) is 20.1. The van der Waals surface area contributed by atoms with Crippen LogP contribution in [0.4, 0.5) is 5.69 Å². The highest BCUT2D eigenvalue weighted by molar-refractivity contribution is 7.97. The fourth-order valence-electron chi connectivity index (χ4n) is 4.51. The van der Waals surface area contributed by atoms with Crippen molar-refractivity contribution < 1.29 is 4.79 Å². The second-order valence-electron chi connectivity index (χ2n) is 8.83. The maximum Gasteiger partial charge on any atom is 0.251 e. The number of nitrogens with zero attached hydrogens (tertiary/aromatic N) is 1. The summed E-state index contributed by atoms with van der Waals surface area (Å²) in [5.41, 5.74) is 9.78. The third-order valence-corrected chi connectivity index (χ3v) is 7.05. The molecule has 0 spiro atoms. The maximum absolute atomic E-state index is 13.4. The van der Waals surface area contributed by atoms with Gasteiger partial charge in [-0.25, -0.2) is 0 Å². The summed E-state index contributed by atoms with van der Waals surface area (Å²) >= 11 is 1.13. The van der Waals surface area contributed by atoms with Crippen molar-refractivity contribution >= 4 is 29.3 Å². The van der Waals surface area contributed by atoms with Crippen LogP contribution in [0, 0.1) is 11.3 Å². The molecule has 1 saturated heterocycles. The zero-order chi connectivity index (χ0) is 24.1. The maximum atomic E-state index is 13.4. The quantitative estimate of drug-likeness (QED) is 0.230. The van der Waals surface area contributed by atoms with E-state index in [4.69, 9.17) is 16.3 Å². The van der Waals surface area contributed by atoms with Gasteiger partial charge in [0.05, 0.1) is 11.8 Å². The van der Waals surface area contributed by atoms with Gasteiger partial charge in [0.25, 0.3) is 5.91 Å². The number of benzene rings is 3. The Morgan fingerprint density at radius 2 is 1.76 bits per heavy atom. The second kappa shape index (κ2) is 10.9. The van der Waals surface area contributed by atoms with Gasteiger partial charge in [0.15, 0.2) is 0 Å². The van der Waals surface area contributed by atoms with Crippen LogP contribution < -0.4 is 16.2 Å². The van der Waals surface area contributed by atoms with Gasteiger partial charge in [-0.3, -0.25) is 15.3 Å². The third-order valence-electron chi connectivity index (χ3n) is 6.52. The van der Waals surface area contributed by atoms with Crippen LogP contribution in [-0.2, 0) is 0 Å². The van der Waals surface area contributed by atoms with E-state index >= 15 is 0 Å². The monoisotopic (exact) mass is 473 g/mol. The third kappa shape index (κ3) is 5.50. The second-order valence-corrected chi connectivity index (χ2v) is 9.53. The molecule has 1 aliphatic rings. The van der Waals surface area contributed by atoms with Crippen LogP contribution in [-0.4, -0.2) is 36.7 Å². The molecule has 3 aromatic carbocycles. The van der Waals surface area contributed by atoms with Crippen LogP contribution in [0.15, 0.2) is 77.7 Å². The molecule has 1 unspecified atom stereocenters. The van der Waals surface area contributed by atoms with Crippen LogP contribution >= 0.6 is 11.9 Å². The molecule has 4 rings (SSSR count). The number of rotatable bonds is 7. The highest BCUT2D eigenvalue weighted by Gasteiger charge is 2.28. The minimum atomic E-state index is -0.159. The molecule has 0 radical (unpaired) electrons. The molecule has 1 fully saturated rings. The molecule has 7 heteroatoms. The van der Waals surface area contributed by atoms with E-state index in [1.165, 1.54) is 0 Å². The largest absolute Gasteiger partial charge is 0.398 e. The summed E-state index contributed by atoms with van der Waals surface area (Å²) in [5.74, 6) is 0.207. The van der Waals surface area contributed by atoms with Crippen molar-refractivity contribution in [2.75, 3.05) is 25.9 Å². The molecule has 6 nitrogen and oxygen atoms in total. The summed E-state index contributed by atoms with van der Waals surface area (Å²) in [7, 11) is 2.14. The van der Waals surface area contributed by atoms with Crippen molar-refractivity contribution in [1.29, 1.82) is 5.41 Å². The fraction of sp³-hybridized carbons (Fsp3) is 0.259. The Labute approximate surface area is 205 Å². The fourth-order valence-corrected chi connectivity index (χ4v) is 4.87. The van der Waals surface area contributed by atoms with E-state index in [1.807, 2.05) is 42.5 Å². The topological polar surface area (TPSA) is 108 Å². The highest BCUT2D eigenvalue weighted by Crippen LogP contribution is 2.31. The molecular formula is C27H31N5OS. The number of hydrogen-bond donors (Lipinski definition) is 4. The predicted octanol–water partition coefficient (Wildman–Crippen LogP) is 4.46. The van der Waals surface area contributed by atoms with Crippen LogP contribution in [0.1, 0.15) is 45.9 Å². The molecule has 34 heavy (non-hydrogen) atoms. The first-order valence-electron chi connectivity index (χ1n) is 11.5. The number of nitrogen functional groups attached to an aromatic ring is 1. The van der Waals surface area contributed by atoms with E-state index in [2.05, 4.69) is 29.4 Å². The Hall–Kier alpha value is -3.13. The van der Waals surface area contributed by atoms with E-state index in [0.717, 1.165) is 48.3 Å². The molecule has 1 atom stereocenters. The van der Waals surface area contributed by atoms with Gasteiger partial charge in [-0.05, 0) is 86.7 Å². The number of hydrogen-bond acceptors (Lipinski definition) is 6. The first kappa shape index (κ1) is 24.0. The van der Waals surface area contributed by atoms with Crippen molar-refractivity contribution in [3.63, 3.8) is 0 Å². The van der Waals surface area contributed by atoms with Gasteiger partial charge < -0.3 is 16.0 Å². The number of likely N-dealkylation sites (tertiary alicyclic amines) is 1. The Morgan fingerprint density at radius 1 is 1.03 bits per heavy atom. The normalized spacial score (nSPS) is 15.6. The van der Waals surface area contributed by atoms with Gasteiger partial charge in [0.1, 0.15) is 0 Å². The molecule has 0 saturated carbocycles. The Bertz CT molecular complexity index is 1160. The Kier molecular flexibility index (Phi) is 7.67. The van der Waals surface area contributed by atoms with Crippen LogP contribution in [0.3, 0.4) is 0 Å². The molecule has 0 aromatic heterocycles. The highest BCUT2D eigenvalue weighted by atomic mass is 32.2. The number of piperidine rings is 1. The van der Waals surface area contributed by atoms with Gasteiger partial charge in [-0.1, -0.05) is 42.5 Å². The van der Waals surface area contributed by atoms with Gasteiger partial charge in [0.2, 0.25) is 0 Å². The van der Waals surface area contributed by atoms with Crippen molar-refractivity contribution in [2.24, 2.45) is 11.1 Å². The molecule has 0 aliphatic carbocycles. The lowest BCUT2D eigenvalue weighted by atomic mass is 9.85. The minimum absolute atomic E-state index is 0.0684. The SMILES string of the molecule is CN1CCC(C(NC(=O)c2ccc(N)c(C(=N)c3cccc(SN)c3)c2)c2ccccc2)CC1. The summed E-state index contributed by atoms with van der Waals surface area (Å²) in [6.07, 6.45) is 2.06. The van der Waals surface area contributed by atoms with E-state index in [1.54, 1.807) is 18.2 Å². The molecule has 1 heterocycles. The number of carbonyl (C=O) groups excluding carboxylic acids is 1. The van der Waals surface area contributed by atoms with Crippen LogP contribution in [0.5, 0.6) is 0 Å². The first-order chi connectivity index (χ1) is 16.5. The lowest BCUT2D eigenvalue weighted by molar-refractivity contribution is 0.0901. The zero-order valence-electron chi connectivity index (χ0n) is 19.3. The molecule has 1 amide bonds. The average Bonchev–Trinajstić information content (AvgIpc) is 2.88. The van der Waals surface area contributed by atoms with Crippen molar-refractivity contribution in [3.05, 3.63) is 95.1 Å². The minimum Gasteiger partial charge on any atom is -0.398 e. The van der Waals surface area contributed by atoms with Crippen molar-refractivity contribution in [1.82, 2.24) is 10.2 Å². The standard InChI is InChI=1S/C27H31N5OS/c1-32-14-12-19(13-15-32)26(18-6-3-2-4-7-18)31-27(33)21-10-11-24(28)23(17-21)25(29)20-8-5-9-22(16-20)34-30/h2-11,16-17,19,26,29H,12-15,28,30H2,1H3,(H,31,33). The smallest absolute Gasteiger partial charge is 0.251 e. The summed E-state index contributed by atoms with van der Waals surface area (Å²) in [5, 5.41) is 17.7. The predicted molar refractivity (Wildman–Crippen MR) is 140 cm³/mol. The molecule has 0 bridgehead atoms. The molecule has 1 aliphatic heterocycles. The first-order valence-corrected chi connectivity index (χ1v) is 12.3. The average molecular weight is 474 g/mol. The summed E-state index contributed by atoms with van der Waals surface area (Å²) in [6, 6.07) is 22.7. The number of nitrogens with one attached hydrogen (secondary N) is 2. The number of nitrogens with two attached hydrogens (primary N) is 2. The lowest BCUT2D eigenvalue weighted by Gasteiger charge is -2.35. The van der Waals surface area contributed by atoms with Crippen LogP contribution in [0.25, 0.3) is 0 Å². The molecule has 6 N–H and O–H groups in total. The van der Waals surface area contributed by atoms with Crippen molar-refractivity contribution in [3.8, 4) is 0 Å². The van der Waals surface area contributed by atoms with Crippen LogP contribution in [0.2, 0.25) is 0 Å². The summed E-state index contributed by atoms with van der Waals surface area (Å²) in [4.78, 5) is 16.6. The Balaban J connectivity index is 1.59. The van der Waals surface area contributed by atoms with Gasteiger partial charge in [0, 0.05) is 27.3 Å². The number of carbonyl (C=O) groups is 1. The molecule has 3 aromatic rings.